The molecule has 0 aliphatic heterocycles. The molecule has 0 fully saturated rings. The fraction of sp³-hybridized carbons (Fsp3) is 0.211. The Morgan fingerprint density at radius 1 is 1.31 bits per heavy atom. The molecule has 7 heteroatoms. The van der Waals surface area contributed by atoms with Crippen molar-refractivity contribution in [1.29, 1.82) is 0 Å². The number of fused-ring (bicyclic) bond motifs is 1. The molecule has 0 saturated carbocycles. The molecule has 0 aliphatic carbocycles. The van der Waals surface area contributed by atoms with E-state index in [1.54, 1.807) is 30.3 Å². The van der Waals surface area contributed by atoms with Crippen LogP contribution in [0.2, 0.25) is 0 Å². The van der Waals surface area contributed by atoms with E-state index >= 15 is 0 Å². The van der Waals surface area contributed by atoms with Gasteiger partial charge in [-0.3, -0.25) is 4.79 Å². The summed E-state index contributed by atoms with van der Waals surface area (Å²) in [5.41, 5.74) is 0.802. The molecule has 0 unspecified atom stereocenters. The lowest BCUT2D eigenvalue weighted by Gasteiger charge is -2.12. The SMILES string of the molecule is COc1cccc(C=Nn2c(C(C)C)nc3ccc(Br)cc3c2=O)c1O. The molecule has 2 aromatic carbocycles. The molecule has 3 aromatic rings. The van der Waals surface area contributed by atoms with Crippen LogP contribution in [0.1, 0.15) is 31.2 Å². The third kappa shape index (κ3) is 3.35. The van der Waals surface area contributed by atoms with Crippen LogP contribution >= 0.6 is 15.9 Å². The predicted molar refractivity (Wildman–Crippen MR) is 105 cm³/mol. The van der Waals surface area contributed by atoms with E-state index in [-0.39, 0.29) is 17.2 Å². The number of aromatic hydroxyl groups is 1. The van der Waals surface area contributed by atoms with Gasteiger partial charge in [0.15, 0.2) is 11.5 Å². The molecule has 0 spiro atoms. The van der Waals surface area contributed by atoms with Crippen LogP contribution in [0.3, 0.4) is 0 Å². The zero-order valence-electron chi connectivity index (χ0n) is 14.6. The Morgan fingerprint density at radius 3 is 2.77 bits per heavy atom. The summed E-state index contributed by atoms with van der Waals surface area (Å²) in [4.78, 5) is 17.5. The third-order valence-corrected chi connectivity index (χ3v) is 4.41. The molecule has 1 N–H and O–H groups in total. The molecular weight excluding hydrogens is 398 g/mol. The van der Waals surface area contributed by atoms with Gasteiger partial charge in [-0.2, -0.15) is 9.78 Å². The average Bonchev–Trinajstić information content (AvgIpc) is 2.62. The number of phenolic OH excluding ortho intramolecular Hbond substituents is 1. The molecule has 26 heavy (non-hydrogen) atoms. The Hall–Kier alpha value is -2.67. The van der Waals surface area contributed by atoms with Crippen molar-refractivity contribution in [3.63, 3.8) is 0 Å². The zero-order chi connectivity index (χ0) is 18.8. The van der Waals surface area contributed by atoms with E-state index in [1.807, 2.05) is 19.9 Å². The molecule has 134 valence electrons. The Bertz CT molecular complexity index is 1060. The topological polar surface area (TPSA) is 76.7 Å². The van der Waals surface area contributed by atoms with Gasteiger partial charge in [0.1, 0.15) is 5.82 Å². The summed E-state index contributed by atoms with van der Waals surface area (Å²) in [5.74, 6) is 0.843. The number of hydrogen-bond acceptors (Lipinski definition) is 5. The number of benzene rings is 2. The van der Waals surface area contributed by atoms with Crippen molar-refractivity contribution in [1.82, 2.24) is 9.66 Å². The minimum absolute atomic E-state index is 0.00759. The van der Waals surface area contributed by atoms with Crippen LogP contribution in [0.25, 0.3) is 10.9 Å². The smallest absolute Gasteiger partial charge is 0.282 e. The molecule has 1 aromatic heterocycles. The Kier molecular flexibility index (Phi) is 5.08. The van der Waals surface area contributed by atoms with E-state index < -0.39 is 0 Å². The van der Waals surface area contributed by atoms with E-state index in [9.17, 15) is 9.90 Å². The van der Waals surface area contributed by atoms with Gasteiger partial charge < -0.3 is 9.84 Å². The summed E-state index contributed by atoms with van der Waals surface area (Å²) in [6.45, 7) is 3.89. The van der Waals surface area contributed by atoms with Gasteiger partial charge in [0.2, 0.25) is 0 Å². The first-order valence-electron chi connectivity index (χ1n) is 8.05. The molecule has 0 aliphatic rings. The van der Waals surface area contributed by atoms with Crippen LogP contribution in [-0.2, 0) is 0 Å². The van der Waals surface area contributed by atoms with E-state index in [4.69, 9.17) is 4.74 Å². The number of methoxy groups -OCH3 is 1. The van der Waals surface area contributed by atoms with Gasteiger partial charge in [0.25, 0.3) is 5.56 Å². The number of hydrogen-bond donors (Lipinski definition) is 1. The van der Waals surface area contributed by atoms with Gasteiger partial charge in [0, 0.05) is 16.0 Å². The lowest BCUT2D eigenvalue weighted by molar-refractivity contribution is 0.373. The van der Waals surface area contributed by atoms with Crippen molar-refractivity contribution >= 4 is 33.0 Å². The van der Waals surface area contributed by atoms with E-state index in [1.165, 1.54) is 18.0 Å². The fourth-order valence-corrected chi connectivity index (χ4v) is 2.94. The monoisotopic (exact) mass is 415 g/mol. The van der Waals surface area contributed by atoms with Crippen LogP contribution in [0, 0.1) is 0 Å². The fourth-order valence-electron chi connectivity index (χ4n) is 2.58. The first-order valence-corrected chi connectivity index (χ1v) is 8.84. The zero-order valence-corrected chi connectivity index (χ0v) is 16.2. The van der Waals surface area contributed by atoms with Crippen molar-refractivity contribution < 1.29 is 9.84 Å². The number of rotatable bonds is 4. The maximum atomic E-state index is 12.9. The van der Waals surface area contributed by atoms with Crippen molar-refractivity contribution in [3.05, 3.63) is 62.6 Å². The number of halogens is 1. The van der Waals surface area contributed by atoms with Crippen LogP contribution < -0.4 is 10.3 Å². The van der Waals surface area contributed by atoms with E-state index in [0.717, 1.165) is 4.47 Å². The first kappa shape index (κ1) is 18.1. The van der Waals surface area contributed by atoms with Crippen molar-refractivity contribution in [2.45, 2.75) is 19.8 Å². The Labute approximate surface area is 158 Å². The molecule has 1 heterocycles. The summed E-state index contributed by atoms with van der Waals surface area (Å²) in [6.07, 6.45) is 1.43. The maximum Gasteiger partial charge on any atom is 0.282 e. The molecule has 0 radical (unpaired) electrons. The highest BCUT2D eigenvalue weighted by molar-refractivity contribution is 9.10. The maximum absolute atomic E-state index is 12.9. The Morgan fingerprint density at radius 2 is 2.08 bits per heavy atom. The van der Waals surface area contributed by atoms with Crippen molar-refractivity contribution in [3.8, 4) is 11.5 Å². The number of para-hydroxylation sites is 1. The van der Waals surface area contributed by atoms with Gasteiger partial charge in [0.05, 0.1) is 24.2 Å². The quantitative estimate of drug-likeness (QED) is 0.655. The van der Waals surface area contributed by atoms with Crippen LogP contribution in [0.15, 0.2) is 50.8 Å². The highest BCUT2D eigenvalue weighted by Crippen LogP contribution is 2.28. The number of phenols is 1. The predicted octanol–water partition coefficient (Wildman–Crippen LogP) is 3.88. The number of aromatic nitrogens is 2. The highest BCUT2D eigenvalue weighted by Gasteiger charge is 2.14. The van der Waals surface area contributed by atoms with Crippen molar-refractivity contribution in [2.24, 2.45) is 5.10 Å². The van der Waals surface area contributed by atoms with E-state index in [0.29, 0.717) is 28.0 Å². The summed E-state index contributed by atoms with van der Waals surface area (Å²) in [5, 5.41) is 15.0. The summed E-state index contributed by atoms with van der Waals surface area (Å²) >= 11 is 3.38. The third-order valence-electron chi connectivity index (χ3n) is 3.91. The summed E-state index contributed by atoms with van der Waals surface area (Å²) in [6, 6.07) is 10.4. The molecule has 0 saturated heterocycles. The molecule has 6 nitrogen and oxygen atoms in total. The Balaban J connectivity index is 2.19. The van der Waals surface area contributed by atoms with E-state index in [2.05, 4.69) is 26.0 Å². The van der Waals surface area contributed by atoms with Gasteiger partial charge in [-0.25, -0.2) is 4.98 Å². The normalized spacial score (nSPS) is 11.6. The number of ether oxygens (including phenoxy) is 1. The van der Waals surface area contributed by atoms with Crippen LogP contribution in [-0.4, -0.2) is 28.1 Å². The second-order valence-corrected chi connectivity index (χ2v) is 6.96. The van der Waals surface area contributed by atoms with Gasteiger partial charge in [-0.1, -0.05) is 35.8 Å². The molecule has 3 rings (SSSR count). The second kappa shape index (κ2) is 7.29. The molecular formula is C19H18BrN3O3. The highest BCUT2D eigenvalue weighted by atomic mass is 79.9. The standard InChI is InChI=1S/C19H18BrN3O3/c1-11(2)18-22-15-8-7-13(20)9-14(15)19(25)23(18)21-10-12-5-4-6-16(26-3)17(12)24/h4-11,24H,1-3H3. The van der Waals surface area contributed by atoms with Crippen LogP contribution in [0.4, 0.5) is 0 Å². The lowest BCUT2D eigenvalue weighted by Crippen LogP contribution is -2.23. The van der Waals surface area contributed by atoms with Gasteiger partial charge in [-0.15, -0.1) is 0 Å². The summed E-state index contributed by atoms with van der Waals surface area (Å²) < 4.78 is 7.17. The minimum Gasteiger partial charge on any atom is -0.504 e. The largest absolute Gasteiger partial charge is 0.504 e. The molecule has 0 atom stereocenters. The lowest BCUT2D eigenvalue weighted by atomic mass is 10.2. The first-order chi connectivity index (χ1) is 12.4. The second-order valence-electron chi connectivity index (χ2n) is 6.05. The van der Waals surface area contributed by atoms with Crippen molar-refractivity contribution in [2.75, 3.05) is 7.11 Å². The molecule has 0 bridgehead atoms. The average molecular weight is 416 g/mol. The summed E-state index contributed by atoms with van der Waals surface area (Å²) in [7, 11) is 1.47. The number of nitrogens with zero attached hydrogens (tertiary/aromatic N) is 3. The van der Waals surface area contributed by atoms with Gasteiger partial charge >= 0.3 is 0 Å². The van der Waals surface area contributed by atoms with Crippen LogP contribution in [0.5, 0.6) is 11.5 Å². The van der Waals surface area contributed by atoms with Gasteiger partial charge in [-0.05, 0) is 30.3 Å². The minimum atomic E-state index is -0.265. The molecule has 0 amide bonds.